The minimum atomic E-state index is -0.161. The Morgan fingerprint density at radius 1 is 1.17 bits per heavy atom. The summed E-state index contributed by atoms with van der Waals surface area (Å²) in [6.07, 6.45) is 0.861. The van der Waals surface area contributed by atoms with Crippen molar-refractivity contribution in [3.05, 3.63) is 34.7 Å². The van der Waals surface area contributed by atoms with Gasteiger partial charge in [-0.3, -0.25) is 14.5 Å². The number of carbonyl (C=O) groups excluding carboxylic acids is 2. The van der Waals surface area contributed by atoms with Crippen LogP contribution in [0.3, 0.4) is 0 Å². The Morgan fingerprint density at radius 2 is 1.87 bits per heavy atom. The molecule has 6 heteroatoms. The number of nitrogens with zero attached hydrogens (tertiary/aromatic N) is 2. The van der Waals surface area contributed by atoms with E-state index >= 15 is 0 Å². The first-order chi connectivity index (χ1) is 11.0. The van der Waals surface area contributed by atoms with E-state index < -0.39 is 0 Å². The number of hydrogen-bond acceptors (Lipinski definition) is 4. The molecule has 1 aromatic carbocycles. The van der Waals surface area contributed by atoms with E-state index in [2.05, 4.69) is 0 Å². The quantitative estimate of drug-likeness (QED) is 0.621. The zero-order chi connectivity index (χ0) is 16.7. The lowest BCUT2D eigenvalue weighted by atomic mass is 10.1. The van der Waals surface area contributed by atoms with Gasteiger partial charge in [0, 0.05) is 18.2 Å². The molecule has 0 N–H and O–H groups in total. The van der Waals surface area contributed by atoms with Crippen molar-refractivity contribution in [2.24, 2.45) is 0 Å². The van der Waals surface area contributed by atoms with Crippen molar-refractivity contribution in [3.63, 3.8) is 0 Å². The molecule has 0 saturated carbocycles. The molecule has 1 saturated heterocycles. The van der Waals surface area contributed by atoms with Crippen LogP contribution in [0.1, 0.15) is 32.8 Å². The van der Waals surface area contributed by atoms with Crippen LogP contribution in [0.5, 0.6) is 0 Å². The third-order valence-electron chi connectivity index (χ3n) is 3.91. The predicted molar refractivity (Wildman–Crippen MR) is 98.2 cm³/mol. The van der Waals surface area contributed by atoms with E-state index in [4.69, 9.17) is 12.2 Å². The lowest BCUT2D eigenvalue weighted by Crippen LogP contribution is -2.35. The highest BCUT2D eigenvalue weighted by molar-refractivity contribution is 8.26. The van der Waals surface area contributed by atoms with Gasteiger partial charge in [-0.25, -0.2) is 0 Å². The van der Waals surface area contributed by atoms with Crippen molar-refractivity contribution >= 4 is 51.4 Å². The largest absolute Gasteiger partial charge is 0.308 e. The standard InChI is InChI=1S/C17H18N2O2S2/c1-4-9-18-12-8-6-5-7-11(12)13(15(18)20)14-16(21)19(10(2)3)17(22)23-14/h5-8,10H,4,9H2,1-3H3/b14-13-. The molecule has 0 aliphatic carbocycles. The molecule has 2 aliphatic rings. The normalized spacial score (nSPS) is 21.0. The van der Waals surface area contributed by atoms with Crippen LogP contribution in [-0.4, -0.2) is 33.6 Å². The molecule has 2 heterocycles. The third-order valence-corrected chi connectivity index (χ3v) is 5.31. The van der Waals surface area contributed by atoms with Crippen LogP contribution in [-0.2, 0) is 9.59 Å². The molecule has 2 aliphatic heterocycles. The van der Waals surface area contributed by atoms with E-state index in [1.54, 1.807) is 9.80 Å². The van der Waals surface area contributed by atoms with Gasteiger partial charge in [-0.05, 0) is 26.3 Å². The van der Waals surface area contributed by atoms with Crippen molar-refractivity contribution in [2.75, 3.05) is 11.4 Å². The molecule has 0 atom stereocenters. The fourth-order valence-corrected chi connectivity index (χ4v) is 4.52. The van der Waals surface area contributed by atoms with E-state index in [1.165, 1.54) is 11.8 Å². The lowest BCUT2D eigenvalue weighted by Gasteiger charge is -2.18. The maximum atomic E-state index is 12.9. The van der Waals surface area contributed by atoms with Gasteiger partial charge < -0.3 is 4.90 Å². The molecule has 0 radical (unpaired) electrons. The number of fused-ring (bicyclic) bond motifs is 1. The number of benzene rings is 1. The average molecular weight is 346 g/mol. The van der Waals surface area contributed by atoms with E-state index in [1.807, 2.05) is 45.0 Å². The molecule has 0 bridgehead atoms. The molecular weight excluding hydrogens is 328 g/mol. The summed E-state index contributed by atoms with van der Waals surface area (Å²) in [5.74, 6) is -0.260. The summed E-state index contributed by atoms with van der Waals surface area (Å²) in [6.45, 7) is 6.52. The number of hydrogen-bond donors (Lipinski definition) is 0. The predicted octanol–water partition coefficient (Wildman–Crippen LogP) is 3.42. The van der Waals surface area contributed by atoms with Crippen molar-refractivity contribution in [1.82, 2.24) is 4.90 Å². The smallest absolute Gasteiger partial charge is 0.267 e. The van der Waals surface area contributed by atoms with Gasteiger partial charge in [0.15, 0.2) is 0 Å². The first-order valence-corrected chi connectivity index (χ1v) is 8.90. The molecule has 2 amide bonds. The Morgan fingerprint density at radius 3 is 2.48 bits per heavy atom. The summed E-state index contributed by atoms with van der Waals surface area (Å²) < 4.78 is 0.520. The number of carbonyl (C=O) groups is 2. The van der Waals surface area contributed by atoms with Crippen LogP contribution < -0.4 is 4.90 Å². The van der Waals surface area contributed by atoms with Crippen LogP contribution in [0.15, 0.2) is 29.2 Å². The molecule has 0 aromatic heterocycles. The molecule has 4 nitrogen and oxygen atoms in total. The Labute approximate surface area is 145 Å². The number of amides is 2. The minimum absolute atomic E-state index is 0.0147. The summed E-state index contributed by atoms with van der Waals surface area (Å²) >= 11 is 6.57. The first kappa shape index (κ1) is 16.2. The SMILES string of the molecule is CCCN1C(=O)/C(=C2\SC(=S)N(C(C)C)C2=O)c2ccccc21. The molecule has 0 spiro atoms. The molecule has 1 aromatic rings. The Kier molecular flexibility index (Phi) is 4.29. The van der Waals surface area contributed by atoms with Crippen LogP contribution in [0.25, 0.3) is 5.57 Å². The first-order valence-electron chi connectivity index (χ1n) is 7.68. The van der Waals surface area contributed by atoms with Gasteiger partial charge in [0.2, 0.25) is 0 Å². The lowest BCUT2D eigenvalue weighted by molar-refractivity contribution is -0.123. The molecule has 23 heavy (non-hydrogen) atoms. The van der Waals surface area contributed by atoms with Crippen LogP contribution in [0, 0.1) is 0 Å². The highest BCUT2D eigenvalue weighted by Crippen LogP contribution is 2.44. The Bertz CT molecular complexity index is 740. The fraction of sp³-hybridized carbons (Fsp3) is 0.353. The maximum absolute atomic E-state index is 12.9. The van der Waals surface area contributed by atoms with Crippen LogP contribution in [0.4, 0.5) is 5.69 Å². The molecule has 0 unspecified atom stereocenters. The highest BCUT2D eigenvalue weighted by Gasteiger charge is 2.42. The number of thiocarbonyl (C=S) groups is 1. The molecule has 1 fully saturated rings. The average Bonchev–Trinajstić information content (AvgIpc) is 2.94. The van der Waals surface area contributed by atoms with Crippen molar-refractivity contribution < 1.29 is 9.59 Å². The second-order valence-corrected chi connectivity index (χ2v) is 7.46. The molecule has 3 rings (SSSR count). The monoisotopic (exact) mass is 346 g/mol. The van der Waals surface area contributed by atoms with E-state index in [9.17, 15) is 9.59 Å². The van der Waals surface area contributed by atoms with Gasteiger partial charge >= 0.3 is 0 Å². The van der Waals surface area contributed by atoms with Gasteiger partial charge in [0.05, 0.1) is 16.2 Å². The van der Waals surface area contributed by atoms with Crippen LogP contribution in [0.2, 0.25) is 0 Å². The zero-order valence-corrected chi connectivity index (χ0v) is 15.0. The van der Waals surface area contributed by atoms with E-state index in [-0.39, 0.29) is 17.9 Å². The minimum Gasteiger partial charge on any atom is -0.308 e. The fourth-order valence-electron chi connectivity index (χ4n) is 2.92. The second kappa shape index (κ2) is 6.09. The number of rotatable bonds is 3. The summed E-state index contributed by atoms with van der Waals surface area (Å²) in [4.78, 5) is 29.5. The van der Waals surface area contributed by atoms with Crippen molar-refractivity contribution in [3.8, 4) is 0 Å². The van der Waals surface area contributed by atoms with E-state index in [0.29, 0.717) is 21.3 Å². The van der Waals surface area contributed by atoms with E-state index in [0.717, 1.165) is 17.7 Å². The molecular formula is C17H18N2O2S2. The van der Waals surface area contributed by atoms with Crippen LogP contribution >= 0.6 is 24.0 Å². The third kappa shape index (κ3) is 2.50. The number of thioether (sulfide) groups is 1. The van der Waals surface area contributed by atoms with Gasteiger partial charge in [0.1, 0.15) is 4.32 Å². The summed E-state index contributed by atoms with van der Waals surface area (Å²) in [7, 11) is 0. The summed E-state index contributed by atoms with van der Waals surface area (Å²) in [6, 6.07) is 7.63. The number of para-hydroxylation sites is 1. The summed E-state index contributed by atoms with van der Waals surface area (Å²) in [5.41, 5.74) is 2.20. The van der Waals surface area contributed by atoms with Gasteiger partial charge in [-0.2, -0.15) is 0 Å². The zero-order valence-electron chi connectivity index (χ0n) is 13.3. The highest BCUT2D eigenvalue weighted by atomic mass is 32.2. The second-order valence-electron chi connectivity index (χ2n) is 5.81. The van der Waals surface area contributed by atoms with Crippen molar-refractivity contribution in [1.29, 1.82) is 0 Å². The van der Waals surface area contributed by atoms with Gasteiger partial charge in [0.25, 0.3) is 11.8 Å². The van der Waals surface area contributed by atoms with Crippen molar-refractivity contribution in [2.45, 2.75) is 33.2 Å². The van der Waals surface area contributed by atoms with Gasteiger partial charge in [-0.1, -0.05) is 49.1 Å². The van der Waals surface area contributed by atoms with Gasteiger partial charge in [-0.15, -0.1) is 0 Å². The Hall–Kier alpha value is -1.66. The Balaban J connectivity index is 2.15. The molecule has 120 valence electrons. The summed E-state index contributed by atoms with van der Waals surface area (Å²) in [5, 5.41) is 0. The number of anilines is 1. The maximum Gasteiger partial charge on any atom is 0.267 e. The topological polar surface area (TPSA) is 40.6 Å².